The van der Waals surface area contributed by atoms with Gasteiger partial charge in [-0.15, -0.1) is 0 Å². The van der Waals surface area contributed by atoms with Crippen molar-refractivity contribution < 1.29 is 9.90 Å². The van der Waals surface area contributed by atoms with E-state index in [0.29, 0.717) is 11.7 Å². The van der Waals surface area contributed by atoms with Gasteiger partial charge in [0, 0.05) is 23.9 Å². The van der Waals surface area contributed by atoms with Gasteiger partial charge in [-0.3, -0.25) is 5.10 Å². The Hall–Kier alpha value is -2.31. The first-order chi connectivity index (χ1) is 8.11. The molecular formula is C10H13N5O2. The number of hydrogen-bond donors (Lipinski definition) is 4. The molecule has 1 saturated carbocycles. The van der Waals surface area contributed by atoms with E-state index in [1.165, 1.54) is 0 Å². The minimum Gasteiger partial charge on any atom is -0.478 e. The first-order valence-corrected chi connectivity index (χ1v) is 5.17. The van der Waals surface area contributed by atoms with Gasteiger partial charge in [0.15, 0.2) is 5.82 Å². The molecule has 0 spiro atoms. The number of aromatic amines is 1. The number of aliphatic carboxylic acids is 1. The minimum absolute atomic E-state index is 0.158. The number of nitrogens with two attached hydrogens (primary N) is 2. The van der Waals surface area contributed by atoms with Gasteiger partial charge in [0.25, 0.3) is 0 Å². The lowest BCUT2D eigenvalue weighted by Crippen LogP contribution is -2.21. The molecule has 1 aliphatic carbocycles. The van der Waals surface area contributed by atoms with Crippen LogP contribution in [-0.4, -0.2) is 27.1 Å². The Morgan fingerprint density at radius 2 is 2.35 bits per heavy atom. The van der Waals surface area contributed by atoms with Gasteiger partial charge in [0.2, 0.25) is 0 Å². The highest BCUT2D eigenvalue weighted by Crippen LogP contribution is 2.39. The van der Waals surface area contributed by atoms with Crippen molar-refractivity contribution in [2.45, 2.75) is 18.8 Å². The molecule has 0 unspecified atom stereocenters. The molecule has 7 nitrogen and oxygen atoms in total. The van der Waals surface area contributed by atoms with Gasteiger partial charge in [-0.2, -0.15) is 5.10 Å². The summed E-state index contributed by atoms with van der Waals surface area (Å²) in [5.41, 5.74) is 11.5. The van der Waals surface area contributed by atoms with Gasteiger partial charge in [-0.1, -0.05) is 0 Å². The first kappa shape index (κ1) is 11.2. The largest absolute Gasteiger partial charge is 0.478 e. The molecule has 0 atom stereocenters. The van der Waals surface area contributed by atoms with Gasteiger partial charge in [0.1, 0.15) is 11.4 Å². The smallest absolute Gasteiger partial charge is 0.340 e. The van der Waals surface area contributed by atoms with E-state index in [-0.39, 0.29) is 11.4 Å². The van der Waals surface area contributed by atoms with E-state index in [4.69, 9.17) is 16.6 Å². The Bertz CT molecular complexity index is 499. The fourth-order valence-electron chi connectivity index (χ4n) is 1.44. The van der Waals surface area contributed by atoms with Crippen LogP contribution in [-0.2, 0) is 4.79 Å². The number of rotatable bonds is 4. The number of H-pyrrole nitrogens is 1. The van der Waals surface area contributed by atoms with Gasteiger partial charge >= 0.3 is 5.97 Å². The van der Waals surface area contributed by atoms with Crippen molar-refractivity contribution in [3.8, 4) is 0 Å². The molecule has 7 heteroatoms. The molecule has 0 amide bonds. The van der Waals surface area contributed by atoms with Gasteiger partial charge in [-0.05, 0) is 12.8 Å². The number of aliphatic imine (C=N–C) groups is 1. The molecule has 17 heavy (non-hydrogen) atoms. The van der Waals surface area contributed by atoms with Crippen LogP contribution in [0.1, 0.15) is 24.5 Å². The minimum atomic E-state index is -1.22. The second-order valence-electron chi connectivity index (χ2n) is 3.84. The summed E-state index contributed by atoms with van der Waals surface area (Å²) in [6.07, 6.45) is 3.20. The lowest BCUT2D eigenvalue weighted by molar-refractivity contribution is -0.132. The fraction of sp³-hybridized carbons (Fsp3) is 0.300. The third-order valence-electron chi connectivity index (χ3n) is 2.51. The summed E-state index contributed by atoms with van der Waals surface area (Å²) in [5.74, 6) is -0.484. The van der Waals surface area contributed by atoms with E-state index >= 15 is 0 Å². The third kappa shape index (κ3) is 2.44. The second-order valence-corrected chi connectivity index (χ2v) is 3.84. The number of amidine groups is 1. The second kappa shape index (κ2) is 4.28. The lowest BCUT2D eigenvalue weighted by Gasteiger charge is -1.98. The highest BCUT2D eigenvalue weighted by Gasteiger charge is 2.25. The topological polar surface area (TPSA) is 130 Å². The van der Waals surface area contributed by atoms with Crippen molar-refractivity contribution in [3.63, 3.8) is 0 Å². The predicted molar refractivity (Wildman–Crippen MR) is 61.8 cm³/mol. The zero-order valence-corrected chi connectivity index (χ0v) is 9.05. The summed E-state index contributed by atoms with van der Waals surface area (Å²) >= 11 is 0. The van der Waals surface area contributed by atoms with Crippen molar-refractivity contribution in [2.75, 3.05) is 0 Å². The average molecular weight is 235 g/mol. The highest BCUT2D eigenvalue weighted by atomic mass is 16.4. The summed E-state index contributed by atoms with van der Waals surface area (Å²) in [6, 6.07) is 1.76. The van der Waals surface area contributed by atoms with Crippen molar-refractivity contribution in [1.82, 2.24) is 10.2 Å². The Morgan fingerprint density at radius 1 is 1.65 bits per heavy atom. The summed E-state index contributed by atoms with van der Waals surface area (Å²) < 4.78 is 0. The van der Waals surface area contributed by atoms with Crippen LogP contribution >= 0.6 is 0 Å². The van der Waals surface area contributed by atoms with Crippen LogP contribution in [0.2, 0.25) is 0 Å². The molecule has 0 saturated heterocycles. The number of carbonyl (C=O) groups is 1. The maximum atomic E-state index is 10.7. The Balaban J connectivity index is 2.19. The van der Waals surface area contributed by atoms with Crippen LogP contribution in [0.5, 0.6) is 0 Å². The molecule has 1 fully saturated rings. The van der Waals surface area contributed by atoms with Crippen LogP contribution in [0.4, 0.5) is 5.82 Å². The zero-order chi connectivity index (χ0) is 12.4. The molecule has 0 bridgehead atoms. The maximum Gasteiger partial charge on any atom is 0.340 e. The standard InChI is InChI=1S/C10H13N5O2/c11-4-6(10(16)17)9(12)13-8-3-7(14-15-8)5-1-2-5/h3-5H,1-2,11H2,(H,16,17)(H3,12,13,14,15). The van der Waals surface area contributed by atoms with E-state index < -0.39 is 5.97 Å². The number of nitrogens with one attached hydrogen (secondary N) is 1. The van der Waals surface area contributed by atoms with Crippen molar-refractivity contribution in [2.24, 2.45) is 16.5 Å². The van der Waals surface area contributed by atoms with E-state index in [2.05, 4.69) is 15.2 Å². The number of hydrogen-bond acceptors (Lipinski definition) is 4. The Labute approximate surface area is 97.2 Å². The number of nitrogens with zero attached hydrogens (tertiary/aromatic N) is 2. The molecule has 1 aromatic heterocycles. The maximum absolute atomic E-state index is 10.7. The molecule has 0 aliphatic heterocycles. The molecule has 1 heterocycles. The van der Waals surface area contributed by atoms with Crippen LogP contribution in [0.3, 0.4) is 0 Å². The molecule has 1 aliphatic rings. The number of aromatic nitrogens is 2. The molecule has 90 valence electrons. The average Bonchev–Trinajstić information content (AvgIpc) is 3.01. The van der Waals surface area contributed by atoms with Crippen LogP contribution in [0.25, 0.3) is 0 Å². The van der Waals surface area contributed by atoms with E-state index in [1.54, 1.807) is 6.07 Å². The first-order valence-electron chi connectivity index (χ1n) is 5.17. The lowest BCUT2D eigenvalue weighted by atomic mass is 10.2. The molecule has 0 radical (unpaired) electrons. The number of carboxylic acid groups (broad SMARTS) is 1. The van der Waals surface area contributed by atoms with Crippen LogP contribution < -0.4 is 11.5 Å². The van der Waals surface area contributed by atoms with Crippen LogP contribution in [0, 0.1) is 0 Å². The monoisotopic (exact) mass is 235 g/mol. The molecular weight excluding hydrogens is 222 g/mol. The normalized spacial score (nSPS) is 17.2. The third-order valence-corrected chi connectivity index (χ3v) is 2.51. The van der Waals surface area contributed by atoms with Crippen molar-refractivity contribution in [3.05, 3.63) is 23.5 Å². The summed E-state index contributed by atoms with van der Waals surface area (Å²) in [6.45, 7) is 0. The Morgan fingerprint density at radius 3 is 2.88 bits per heavy atom. The van der Waals surface area contributed by atoms with E-state index in [0.717, 1.165) is 24.7 Å². The Kier molecular flexibility index (Phi) is 2.82. The molecule has 6 N–H and O–H groups in total. The summed E-state index contributed by atoms with van der Waals surface area (Å²) in [5, 5.41) is 15.6. The summed E-state index contributed by atoms with van der Waals surface area (Å²) in [4.78, 5) is 14.7. The number of carboxylic acids is 1. The SMILES string of the molecule is NC=C(C(=O)O)C(N)=Nc1cc(C2CC2)[nH]n1. The fourth-order valence-corrected chi connectivity index (χ4v) is 1.44. The van der Waals surface area contributed by atoms with E-state index in [1.807, 2.05) is 0 Å². The van der Waals surface area contributed by atoms with E-state index in [9.17, 15) is 4.79 Å². The molecule has 2 rings (SSSR count). The molecule has 1 aromatic rings. The van der Waals surface area contributed by atoms with Gasteiger partial charge in [0.05, 0.1) is 0 Å². The quantitative estimate of drug-likeness (QED) is 0.336. The predicted octanol–water partition coefficient (Wildman–Crippen LogP) is 0.203. The van der Waals surface area contributed by atoms with Crippen molar-refractivity contribution in [1.29, 1.82) is 0 Å². The van der Waals surface area contributed by atoms with Gasteiger partial charge in [-0.25, -0.2) is 9.79 Å². The molecule has 0 aromatic carbocycles. The summed E-state index contributed by atoms with van der Waals surface area (Å²) in [7, 11) is 0. The highest BCUT2D eigenvalue weighted by molar-refractivity contribution is 6.17. The zero-order valence-electron chi connectivity index (χ0n) is 9.05. The van der Waals surface area contributed by atoms with Crippen molar-refractivity contribution >= 4 is 17.6 Å². The van der Waals surface area contributed by atoms with Gasteiger partial charge < -0.3 is 16.6 Å². The van der Waals surface area contributed by atoms with Crippen LogP contribution in [0.15, 0.2) is 22.8 Å².